The molecule has 2 heteroatoms. The Hall–Kier alpha value is -3.13. The van der Waals surface area contributed by atoms with Crippen molar-refractivity contribution < 1.29 is 4.42 Å². The lowest BCUT2D eigenvalue weighted by atomic mass is 9.93. The molecular formula is C22H16O2. The first-order chi connectivity index (χ1) is 11.8. The normalized spacial score (nSPS) is 10.8. The number of hydrogen-bond acceptors (Lipinski definition) is 2. The van der Waals surface area contributed by atoms with Crippen LogP contribution in [0.2, 0.25) is 0 Å². The summed E-state index contributed by atoms with van der Waals surface area (Å²) in [6.07, 6.45) is 0.554. The first kappa shape index (κ1) is 14.5. The van der Waals surface area contributed by atoms with Crippen LogP contribution in [0.4, 0.5) is 0 Å². The van der Waals surface area contributed by atoms with E-state index < -0.39 is 0 Å². The van der Waals surface area contributed by atoms with E-state index in [1.807, 2.05) is 84.9 Å². The zero-order valence-corrected chi connectivity index (χ0v) is 13.1. The maximum atomic E-state index is 12.7. The molecule has 0 N–H and O–H groups in total. The average molecular weight is 312 g/mol. The van der Waals surface area contributed by atoms with E-state index in [2.05, 4.69) is 0 Å². The summed E-state index contributed by atoms with van der Waals surface area (Å²) in [4.78, 5) is 12.7. The summed E-state index contributed by atoms with van der Waals surface area (Å²) < 4.78 is 5.57. The molecule has 0 aliphatic carbocycles. The largest absolute Gasteiger partial charge is 0.422 e. The SMILES string of the molecule is O=c1oc2ccccc2c(-c2ccccc2)c1Cc1ccccc1. The van der Waals surface area contributed by atoms with Gasteiger partial charge in [0, 0.05) is 17.4 Å². The zero-order valence-electron chi connectivity index (χ0n) is 13.1. The van der Waals surface area contributed by atoms with E-state index in [1.165, 1.54) is 0 Å². The Morgan fingerprint density at radius 3 is 2.08 bits per heavy atom. The Bertz CT molecular complexity index is 1030. The molecule has 0 aliphatic rings. The first-order valence-corrected chi connectivity index (χ1v) is 7.97. The van der Waals surface area contributed by atoms with Crippen LogP contribution < -0.4 is 5.63 Å². The highest BCUT2D eigenvalue weighted by Gasteiger charge is 2.16. The molecule has 0 bridgehead atoms. The van der Waals surface area contributed by atoms with Crippen molar-refractivity contribution in [2.24, 2.45) is 0 Å². The Morgan fingerprint density at radius 1 is 0.708 bits per heavy atom. The van der Waals surface area contributed by atoms with Crippen molar-refractivity contribution >= 4 is 11.0 Å². The van der Waals surface area contributed by atoms with Gasteiger partial charge in [-0.25, -0.2) is 4.79 Å². The van der Waals surface area contributed by atoms with Crippen LogP contribution in [-0.2, 0) is 6.42 Å². The molecular weight excluding hydrogens is 296 g/mol. The second-order valence-electron chi connectivity index (χ2n) is 5.77. The van der Waals surface area contributed by atoms with Gasteiger partial charge in [0.1, 0.15) is 5.58 Å². The van der Waals surface area contributed by atoms with Gasteiger partial charge in [0.25, 0.3) is 0 Å². The van der Waals surface area contributed by atoms with Gasteiger partial charge in [0.2, 0.25) is 0 Å². The molecule has 1 heterocycles. The van der Waals surface area contributed by atoms with Crippen LogP contribution in [-0.4, -0.2) is 0 Å². The summed E-state index contributed by atoms with van der Waals surface area (Å²) in [6.45, 7) is 0. The lowest BCUT2D eigenvalue weighted by Crippen LogP contribution is -2.10. The summed E-state index contributed by atoms with van der Waals surface area (Å²) in [5.41, 5.74) is 4.15. The molecule has 2 nitrogen and oxygen atoms in total. The predicted molar refractivity (Wildman–Crippen MR) is 97.2 cm³/mol. The van der Waals surface area contributed by atoms with Gasteiger partial charge in [0.15, 0.2) is 0 Å². The van der Waals surface area contributed by atoms with Crippen molar-refractivity contribution in [3.63, 3.8) is 0 Å². The Balaban J connectivity index is 2.01. The molecule has 0 fully saturated rings. The maximum absolute atomic E-state index is 12.7. The molecule has 0 atom stereocenters. The predicted octanol–water partition coefficient (Wildman–Crippen LogP) is 5.05. The fraction of sp³-hybridized carbons (Fsp3) is 0.0455. The lowest BCUT2D eigenvalue weighted by Gasteiger charge is -2.12. The highest BCUT2D eigenvalue weighted by molar-refractivity contribution is 5.95. The van der Waals surface area contributed by atoms with Crippen LogP contribution in [0.5, 0.6) is 0 Å². The zero-order chi connectivity index (χ0) is 16.4. The molecule has 0 saturated carbocycles. The molecule has 4 aromatic rings. The van der Waals surface area contributed by atoms with Gasteiger partial charge >= 0.3 is 5.63 Å². The van der Waals surface area contributed by atoms with Gasteiger partial charge in [0.05, 0.1) is 5.56 Å². The number of hydrogen-bond donors (Lipinski definition) is 0. The third-order valence-corrected chi connectivity index (χ3v) is 4.19. The molecule has 3 aromatic carbocycles. The molecule has 4 rings (SSSR count). The Labute approximate surface area is 140 Å². The van der Waals surface area contributed by atoms with Crippen LogP contribution in [0.3, 0.4) is 0 Å². The summed E-state index contributed by atoms with van der Waals surface area (Å²) >= 11 is 0. The van der Waals surface area contributed by atoms with Crippen LogP contribution in [0.1, 0.15) is 11.1 Å². The fourth-order valence-corrected chi connectivity index (χ4v) is 3.08. The summed E-state index contributed by atoms with van der Waals surface area (Å²) in [7, 11) is 0. The molecule has 1 aromatic heterocycles. The number of benzene rings is 3. The first-order valence-electron chi connectivity index (χ1n) is 7.97. The smallest absolute Gasteiger partial charge is 0.340 e. The quantitative estimate of drug-likeness (QED) is 0.495. The van der Waals surface area contributed by atoms with Crippen molar-refractivity contribution in [2.75, 3.05) is 0 Å². The van der Waals surface area contributed by atoms with Gasteiger partial charge in [-0.3, -0.25) is 0 Å². The molecule has 0 aliphatic heterocycles. The summed E-state index contributed by atoms with van der Waals surface area (Å²) in [6, 6.07) is 27.8. The van der Waals surface area contributed by atoms with Crippen molar-refractivity contribution in [1.29, 1.82) is 0 Å². The van der Waals surface area contributed by atoms with Crippen molar-refractivity contribution in [3.8, 4) is 11.1 Å². The second-order valence-corrected chi connectivity index (χ2v) is 5.77. The standard InChI is InChI=1S/C22H16O2/c23-22-19(15-16-9-3-1-4-10-16)21(17-11-5-2-6-12-17)18-13-7-8-14-20(18)24-22/h1-14H,15H2. The van der Waals surface area contributed by atoms with Gasteiger partial charge in [-0.2, -0.15) is 0 Å². The molecule has 0 unspecified atom stereocenters. The van der Waals surface area contributed by atoms with Gasteiger partial charge in [-0.1, -0.05) is 78.9 Å². The van der Waals surface area contributed by atoms with Gasteiger partial charge in [-0.15, -0.1) is 0 Å². The van der Waals surface area contributed by atoms with Crippen molar-refractivity contribution in [1.82, 2.24) is 0 Å². The van der Waals surface area contributed by atoms with E-state index in [0.29, 0.717) is 17.6 Å². The minimum absolute atomic E-state index is 0.267. The Morgan fingerprint density at radius 2 is 1.33 bits per heavy atom. The minimum atomic E-state index is -0.267. The van der Waals surface area contributed by atoms with Crippen LogP contribution in [0, 0.1) is 0 Å². The summed E-state index contributed by atoms with van der Waals surface area (Å²) in [5.74, 6) is 0. The van der Waals surface area contributed by atoms with Crippen LogP contribution >= 0.6 is 0 Å². The molecule has 0 radical (unpaired) electrons. The topological polar surface area (TPSA) is 30.2 Å². The molecule has 116 valence electrons. The highest BCUT2D eigenvalue weighted by atomic mass is 16.4. The van der Waals surface area contributed by atoms with Gasteiger partial charge in [-0.05, 0) is 17.2 Å². The Kier molecular flexibility index (Phi) is 3.72. The van der Waals surface area contributed by atoms with E-state index in [-0.39, 0.29) is 5.63 Å². The van der Waals surface area contributed by atoms with E-state index in [9.17, 15) is 4.79 Å². The lowest BCUT2D eigenvalue weighted by molar-refractivity contribution is 0.553. The second kappa shape index (κ2) is 6.17. The molecule has 0 spiro atoms. The van der Waals surface area contributed by atoms with Crippen LogP contribution in [0.15, 0.2) is 94.1 Å². The van der Waals surface area contributed by atoms with Crippen LogP contribution in [0.25, 0.3) is 22.1 Å². The highest BCUT2D eigenvalue weighted by Crippen LogP contribution is 2.31. The third kappa shape index (κ3) is 2.63. The van der Waals surface area contributed by atoms with E-state index in [1.54, 1.807) is 0 Å². The average Bonchev–Trinajstić information content (AvgIpc) is 2.64. The minimum Gasteiger partial charge on any atom is -0.422 e. The third-order valence-electron chi connectivity index (χ3n) is 4.19. The molecule has 0 saturated heterocycles. The summed E-state index contributed by atoms with van der Waals surface area (Å²) in [5, 5.41) is 0.967. The number of rotatable bonds is 3. The number of fused-ring (bicyclic) bond motifs is 1. The van der Waals surface area contributed by atoms with E-state index in [0.717, 1.165) is 22.1 Å². The number of para-hydroxylation sites is 1. The molecule has 0 amide bonds. The maximum Gasteiger partial charge on any atom is 0.340 e. The molecule has 24 heavy (non-hydrogen) atoms. The van der Waals surface area contributed by atoms with E-state index in [4.69, 9.17) is 4.42 Å². The van der Waals surface area contributed by atoms with Gasteiger partial charge < -0.3 is 4.42 Å². The fourth-order valence-electron chi connectivity index (χ4n) is 3.08. The van der Waals surface area contributed by atoms with Crippen molar-refractivity contribution in [2.45, 2.75) is 6.42 Å². The van der Waals surface area contributed by atoms with E-state index >= 15 is 0 Å². The van der Waals surface area contributed by atoms with Crippen molar-refractivity contribution in [3.05, 3.63) is 106 Å². The monoisotopic (exact) mass is 312 g/mol.